The fraction of sp³-hybridized carbons (Fsp3) is 0.176. The molecule has 4 N–H and O–H groups in total. The number of fused-ring (bicyclic) bond motifs is 1. The van der Waals surface area contributed by atoms with Gasteiger partial charge >= 0.3 is 5.97 Å². The number of aliphatic carboxylic acids is 1. The predicted octanol–water partition coefficient (Wildman–Crippen LogP) is 1.38. The molecule has 0 radical (unpaired) electrons. The fourth-order valence-electron chi connectivity index (χ4n) is 2.62. The summed E-state index contributed by atoms with van der Waals surface area (Å²) in [6, 6.07) is 3.21. The van der Waals surface area contributed by atoms with Crippen LogP contribution in [0.3, 0.4) is 0 Å². The van der Waals surface area contributed by atoms with Gasteiger partial charge in [-0.25, -0.2) is 9.78 Å². The SMILES string of the molecule is CNc1nccc2cc(C(=O)NC3=CC=C(C(=O)O)CC3)c(=O)[nH]c12. The average molecular weight is 340 g/mol. The van der Waals surface area contributed by atoms with Crippen LogP contribution in [0.5, 0.6) is 0 Å². The first-order valence-corrected chi connectivity index (χ1v) is 7.63. The van der Waals surface area contributed by atoms with Crippen LogP contribution in [0.15, 0.2) is 46.5 Å². The lowest BCUT2D eigenvalue weighted by molar-refractivity contribution is -0.132. The zero-order chi connectivity index (χ0) is 18.0. The van der Waals surface area contributed by atoms with Gasteiger partial charge in [0.2, 0.25) is 0 Å². The number of rotatable bonds is 4. The molecule has 0 unspecified atom stereocenters. The van der Waals surface area contributed by atoms with Crippen LogP contribution in [0.1, 0.15) is 23.2 Å². The molecule has 1 aliphatic rings. The van der Waals surface area contributed by atoms with Gasteiger partial charge < -0.3 is 20.7 Å². The maximum atomic E-state index is 12.4. The molecule has 0 fully saturated rings. The normalized spacial score (nSPS) is 13.8. The lowest BCUT2D eigenvalue weighted by atomic mass is 10.0. The number of anilines is 1. The van der Waals surface area contributed by atoms with Crippen LogP contribution in [-0.4, -0.2) is 34.0 Å². The number of hydrogen-bond donors (Lipinski definition) is 4. The highest BCUT2D eigenvalue weighted by Crippen LogP contribution is 2.19. The van der Waals surface area contributed by atoms with E-state index in [2.05, 4.69) is 20.6 Å². The van der Waals surface area contributed by atoms with Gasteiger partial charge in [0.05, 0.1) is 5.52 Å². The Morgan fingerprint density at radius 1 is 1.28 bits per heavy atom. The van der Waals surface area contributed by atoms with Crippen molar-refractivity contribution in [2.24, 2.45) is 0 Å². The number of carbonyl (C=O) groups excluding carboxylic acids is 1. The summed E-state index contributed by atoms with van der Waals surface area (Å²) in [4.78, 5) is 42.3. The van der Waals surface area contributed by atoms with Gasteiger partial charge in [-0.2, -0.15) is 0 Å². The number of aromatic nitrogens is 2. The second kappa shape index (κ2) is 6.60. The van der Waals surface area contributed by atoms with E-state index in [0.717, 1.165) is 0 Å². The third-order valence-corrected chi connectivity index (χ3v) is 3.95. The number of carboxylic acid groups (broad SMARTS) is 1. The third kappa shape index (κ3) is 3.27. The molecule has 8 nitrogen and oxygen atoms in total. The molecule has 128 valence electrons. The molecule has 8 heteroatoms. The van der Waals surface area contributed by atoms with Crippen LogP contribution in [0.4, 0.5) is 5.82 Å². The van der Waals surface area contributed by atoms with E-state index in [0.29, 0.717) is 35.3 Å². The summed E-state index contributed by atoms with van der Waals surface area (Å²) >= 11 is 0. The van der Waals surface area contributed by atoms with Gasteiger partial charge in [-0.15, -0.1) is 0 Å². The maximum Gasteiger partial charge on any atom is 0.331 e. The van der Waals surface area contributed by atoms with E-state index in [1.165, 1.54) is 12.1 Å². The largest absolute Gasteiger partial charge is 0.478 e. The van der Waals surface area contributed by atoms with Crippen LogP contribution < -0.4 is 16.2 Å². The highest BCUT2D eigenvalue weighted by molar-refractivity contribution is 5.99. The smallest absolute Gasteiger partial charge is 0.331 e. The topological polar surface area (TPSA) is 124 Å². The maximum absolute atomic E-state index is 12.4. The molecule has 2 aromatic rings. The Hall–Kier alpha value is -3.42. The minimum absolute atomic E-state index is 0.0188. The molecule has 1 amide bonds. The van der Waals surface area contributed by atoms with E-state index < -0.39 is 17.4 Å². The summed E-state index contributed by atoms with van der Waals surface area (Å²) in [7, 11) is 1.69. The summed E-state index contributed by atoms with van der Waals surface area (Å²) in [5.74, 6) is -0.992. The van der Waals surface area contributed by atoms with E-state index in [9.17, 15) is 14.4 Å². The van der Waals surface area contributed by atoms with Crippen molar-refractivity contribution in [3.8, 4) is 0 Å². The third-order valence-electron chi connectivity index (χ3n) is 3.95. The molecule has 1 aliphatic carbocycles. The van der Waals surface area contributed by atoms with Gasteiger partial charge in [0.15, 0.2) is 0 Å². The van der Waals surface area contributed by atoms with Crippen LogP contribution >= 0.6 is 0 Å². The predicted molar refractivity (Wildman–Crippen MR) is 92.4 cm³/mol. The van der Waals surface area contributed by atoms with Crippen LogP contribution in [0.25, 0.3) is 10.9 Å². The molecule has 0 spiro atoms. The highest BCUT2D eigenvalue weighted by Gasteiger charge is 2.17. The Morgan fingerprint density at radius 2 is 2.08 bits per heavy atom. The van der Waals surface area contributed by atoms with Gasteiger partial charge in [0.25, 0.3) is 11.5 Å². The molecule has 2 heterocycles. The zero-order valence-corrected chi connectivity index (χ0v) is 13.4. The van der Waals surface area contributed by atoms with Crippen LogP contribution in [0, 0.1) is 0 Å². The number of pyridine rings is 2. The lowest BCUT2D eigenvalue weighted by Crippen LogP contribution is -2.29. The second-order valence-electron chi connectivity index (χ2n) is 5.53. The van der Waals surface area contributed by atoms with Gasteiger partial charge in [-0.05, 0) is 31.1 Å². The molecule has 3 rings (SSSR count). The number of H-pyrrole nitrogens is 1. The van der Waals surface area contributed by atoms with Crippen molar-refractivity contribution >= 4 is 28.6 Å². The summed E-state index contributed by atoms with van der Waals surface area (Å²) in [6.07, 6.45) is 5.30. The summed E-state index contributed by atoms with van der Waals surface area (Å²) in [6.45, 7) is 0. The molecule has 0 saturated carbocycles. The van der Waals surface area contributed by atoms with Crippen molar-refractivity contribution in [3.63, 3.8) is 0 Å². The molecule has 0 aliphatic heterocycles. The molecule has 2 aromatic heterocycles. The molecule has 25 heavy (non-hydrogen) atoms. The number of amides is 1. The van der Waals surface area contributed by atoms with E-state index in [-0.39, 0.29) is 11.1 Å². The van der Waals surface area contributed by atoms with Gasteiger partial charge in [-0.1, -0.05) is 6.08 Å². The molecule has 0 atom stereocenters. The zero-order valence-electron chi connectivity index (χ0n) is 13.4. The molecular formula is C17H16N4O4. The van der Waals surface area contributed by atoms with Crippen molar-refractivity contribution in [1.82, 2.24) is 15.3 Å². The number of carbonyl (C=O) groups is 2. The van der Waals surface area contributed by atoms with E-state index in [4.69, 9.17) is 5.11 Å². The van der Waals surface area contributed by atoms with Crippen molar-refractivity contribution in [2.45, 2.75) is 12.8 Å². The molecule has 0 aromatic carbocycles. The molecule has 0 saturated heterocycles. The number of aromatic amines is 1. The minimum atomic E-state index is -0.971. The van der Waals surface area contributed by atoms with Gasteiger partial charge in [0.1, 0.15) is 11.4 Å². The van der Waals surface area contributed by atoms with Crippen molar-refractivity contribution in [2.75, 3.05) is 12.4 Å². The first-order valence-electron chi connectivity index (χ1n) is 7.63. The van der Waals surface area contributed by atoms with Crippen molar-refractivity contribution in [1.29, 1.82) is 0 Å². The van der Waals surface area contributed by atoms with E-state index in [1.54, 1.807) is 25.4 Å². The van der Waals surface area contributed by atoms with Crippen molar-refractivity contribution in [3.05, 3.63) is 57.7 Å². The Morgan fingerprint density at radius 3 is 2.72 bits per heavy atom. The summed E-state index contributed by atoms with van der Waals surface area (Å²) in [5.41, 5.74) is 0.841. The first-order chi connectivity index (χ1) is 12.0. The fourth-order valence-corrected chi connectivity index (χ4v) is 2.62. The monoisotopic (exact) mass is 340 g/mol. The number of carboxylic acids is 1. The standard InChI is InChI=1S/C17H16N4O4/c1-18-14-13-10(6-7-19-14)8-12(16(23)21-13)15(22)20-11-4-2-9(3-5-11)17(24)25/h2,4,6-8H,3,5H2,1H3,(H,18,19)(H,20,22)(H,21,23)(H,24,25). The van der Waals surface area contributed by atoms with Crippen LogP contribution in [-0.2, 0) is 4.79 Å². The quantitative estimate of drug-likeness (QED) is 0.666. The van der Waals surface area contributed by atoms with Crippen molar-refractivity contribution < 1.29 is 14.7 Å². The number of allylic oxidation sites excluding steroid dienone is 3. The Balaban J connectivity index is 1.89. The number of nitrogens with one attached hydrogen (secondary N) is 3. The highest BCUT2D eigenvalue weighted by atomic mass is 16.4. The Labute approximate surface area is 142 Å². The lowest BCUT2D eigenvalue weighted by Gasteiger charge is -2.13. The Bertz CT molecular complexity index is 988. The van der Waals surface area contributed by atoms with E-state index >= 15 is 0 Å². The van der Waals surface area contributed by atoms with Crippen LogP contribution in [0.2, 0.25) is 0 Å². The number of nitrogens with zero attached hydrogens (tertiary/aromatic N) is 1. The van der Waals surface area contributed by atoms with Gasteiger partial charge in [0, 0.05) is 29.9 Å². The molecular weight excluding hydrogens is 324 g/mol. The van der Waals surface area contributed by atoms with Gasteiger partial charge in [-0.3, -0.25) is 9.59 Å². The number of hydrogen-bond acceptors (Lipinski definition) is 5. The Kier molecular flexibility index (Phi) is 4.34. The second-order valence-corrected chi connectivity index (χ2v) is 5.53. The molecule has 0 bridgehead atoms. The summed E-state index contributed by atoms with van der Waals surface area (Å²) < 4.78 is 0. The minimum Gasteiger partial charge on any atom is -0.478 e. The first kappa shape index (κ1) is 16.4. The van der Waals surface area contributed by atoms with E-state index in [1.807, 2.05) is 0 Å². The summed E-state index contributed by atoms with van der Waals surface area (Å²) in [5, 5.41) is 15.1. The average Bonchev–Trinajstić information content (AvgIpc) is 2.61.